The fourth-order valence-electron chi connectivity index (χ4n) is 3.58. The summed E-state index contributed by atoms with van der Waals surface area (Å²) in [7, 11) is 0. The Bertz CT molecular complexity index is 993. The van der Waals surface area contributed by atoms with Crippen molar-refractivity contribution in [1.29, 1.82) is 0 Å². The second kappa shape index (κ2) is 6.79. The summed E-state index contributed by atoms with van der Waals surface area (Å²) in [5.74, 6) is 1.26. The van der Waals surface area contributed by atoms with E-state index in [9.17, 15) is 4.79 Å². The molecule has 0 amide bonds. The molecule has 0 N–H and O–H groups in total. The lowest BCUT2D eigenvalue weighted by Crippen LogP contribution is -2.37. The Kier molecular flexibility index (Phi) is 4.45. The topological polar surface area (TPSA) is 77.0 Å². The fourth-order valence-corrected chi connectivity index (χ4v) is 3.58. The van der Waals surface area contributed by atoms with Gasteiger partial charge in [-0.15, -0.1) is 5.10 Å². The third-order valence-corrected chi connectivity index (χ3v) is 5.26. The number of hydrogen-bond donors (Lipinski definition) is 0. The zero-order valence-corrected chi connectivity index (χ0v) is 16.1. The first-order chi connectivity index (χ1) is 12.9. The molecule has 7 nitrogen and oxygen atoms in total. The van der Waals surface area contributed by atoms with Gasteiger partial charge in [0.1, 0.15) is 0 Å². The van der Waals surface area contributed by atoms with Crippen molar-refractivity contribution in [1.82, 2.24) is 19.7 Å². The molecule has 142 valence electrons. The largest absolute Gasteiger partial charge is 0.460 e. The number of aromatic nitrogens is 4. The van der Waals surface area contributed by atoms with Crippen LogP contribution in [0.5, 0.6) is 0 Å². The molecular formula is C20H25N5O2. The van der Waals surface area contributed by atoms with Crippen molar-refractivity contribution in [2.24, 2.45) is 5.92 Å². The van der Waals surface area contributed by atoms with E-state index in [-0.39, 0.29) is 11.0 Å². The zero-order valence-electron chi connectivity index (χ0n) is 16.1. The molecule has 1 aliphatic heterocycles. The summed E-state index contributed by atoms with van der Waals surface area (Å²) in [4.78, 5) is 19.2. The summed E-state index contributed by atoms with van der Waals surface area (Å²) in [5, 5.41) is 9.33. The Hall–Kier alpha value is -2.70. The highest BCUT2D eigenvalue weighted by atomic mass is 16.3. The molecule has 1 saturated heterocycles. The molecule has 3 aromatic rings. The first-order valence-electron chi connectivity index (χ1n) is 9.42. The monoisotopic (exact) mass is 367 g/mol. The third-order valence-electron chi connectivity index (χ3n) is 5.26. The van der Waals surface area contributed by atoms with Crippen LogP contribution in [0.4, 0.5) is 5.82 Å². The van der Waals surface area contributed by atoms with Crippen molar-refractivity contribution < 1.29 is 4.42 Å². The number of hydrogen-bond acceptors (Lipinski definition) is 6. The first-order valence-corrected chi connectivity index (χ1v) is 9.42. The Balaban J connectivity index is 1.43. The molecule has 0 bridgehead atoms. The van der Waals surface area contributed by atoms with Crippen molar-refractivity contribution in [2.45, 2.75) is 45.6 Å². The maximum Gasteiger partial charge on any atom is 0.253 e. The highest BCUT2D eigenvalue weighted by Crippen LogP contribution is 2.28. The van der Waals surface area contributed by atoms with Crippen molar-refractivity contribution in [3.8, 4) is 0 Å². The highest BCUT2D eigenvalue weighted by Gasteiger charge is 2.24. The number of anilines is 1. The smallest absolute Gasteiger partial charge is 0.253 e. The van der Waals surface area contributed by atoms with Crippen molar-refractivity contribution in [3.05, 3.63) is 47.0 Å². The Labute approximate surface area is 158 Å². The minimum atomic E-state index is -0.114. The lowest BCUT2D eigenvalue weighted by atomic mass is 9.92. The van der Waals surface area contributed by atoms with E-state index in [4.69, 9.17) is 4.42 Å². The maximum atomic E-state index is 12.4. The van der Waals surface area contributed by atoms with E-state index in [1.54, 1.807) is 29.4 Å². The Morgan fingerprint density at radius 1 is 1.26 bits per heavy atom. The van der Waals surface area contributed by atoms with Crippen LogP contribution in [0.15, 0.2) is 40.1 Å². The van der Waals surface area contributed by atoms with Gasteiger partial charge in [-0.1, -0.05) is 20.8 Å². The van der Waals surface area contributed by atoms with Crippen LogP contribution in [0, 0.1) is 5.92 Å². The minimum absolute atomic E-state index is 0.0311. The van der Waals surface area contributed by atoms with Gasteiger partial charge in [-0.3, -0.25) is 9.36 Å². The Morgan fingerprint density at radius 2 is 2.04 bits per heavy atom. The van der Waals surface area contributed by atoms with E-state index in [1.165, 1.54) is 0 Å². The van der Waals surface area contributed by atoms with Gasteiger partial charge in [-0.25, -0.2) is 4.98 Å². The summed E-state index contributed by atoms with van der Waals surface area (Å²) in [6.45, 7) is 8.66. The average molecular weight is 367 g/mol. The van der Waals surface area contributed by atoms with Gasteiger partial charge >= 0.3 is 0 Å². The summed E-state index contributed by atoms with van der Waals surface area (Å²) in [5.41, 5.74) is 1.55. The number of rotatable bonds is 3. The lowest BCUT2D eigenvalue weighted by molar-refractivity contribution is 0.348. The fraction of sp³-hybridized carbons (Fsp3) is 0.500. The van der Waals surface area contributed by atoms with Gasteiger partial charge in [0.05, 0.1) is 24.5 Å². The molecule has 1 fully saturated rings. The van der Waals surface area contributed by atoms with Crippen LogP contribution in [0.2, 0.25) is 0 Å². The summed E-state index contributed by atoms with van der Waals surface area (Å²) < 4.78 is 7.32. The predicted octanol–water partition coefficient (Wildman–Crippen LogP) is 2.99. The van der Waals surface area contributed by atoms with Gasteiger partial charge in [-0.05, 0) is 24.8 Å². The van der Waals surface area contributed by atoms with E-state index < -0.39 is 0 Å². The SMILES string of the molecule is CC(C)(C)c1cc(=O)n(CC2CCN(c3nncc4ccoc34)CC2)cn1. The average Bonchev–Trinajstić information content (AvgIpc) is 3.12. The minimum Gasteiger partial charge on any atom is -0.460 e. The third kappa shape index (κ3) is 3.59. The van der Waals surface area contributed by atoms with Crippen LogP contribution >= 0.6 is 0 Å². The molecule has 0 radical (unpaired) electrons. The second-order valence-corrected chi connectivity index (χ2v) is 8.32. The molecule has 4 rings (SSSR count). The van der Waals surface area contributed by atoms with E-state index in [2.05, 4.69) is 40.9 Å². The van der Waals surface area contributed by atoms with Crippen molar-refractivity contribution >= 4 is 16.8 Å². The molecule has 7 heteroatoms. The normalized spacial score (nSPS) is 16.2. The van der Waals surface area contributed by atoms with Gasteiger partial charge in [0.15, 0.2) is 11.4 Å². The van der Waals surface area contributed by atoms with E-state index in [0.29, 0.717) is 12.5 Å². The molecule has 0 aromatic carbocycles. The molecule has 1 aliphatic rings. The molecule has 27 heavy (non-hydrogen) atoms. The van der Waals surface area contributed by atoms with E-state index >= 15 is 0 Å². The molecule has 0 saturated carbocycles. The molecule has 0 aliphatic carbocycles. The number of piperidine rings is 1. The maximum absolute atomic E-state index is 12.4. The zero-order chi connectivity index (χ0) is 19.0. The summed E-state index contributed by atoms with van der Waals surface area (Å²) in [6.07, 6.45) is 7.07. The van der Waals surface area contributed by atoms with Gasteiger partial charge in [-0.2, -0.15) is 5.10 Å². The molecule has 4 heterocycles. The molecule has 0 spiro atoms. The number of fused-ring (bicyclic) bond motifs is 1. The van der Waals surface area contributed by atoms with Crippen LogP contribution in [-0.4, -0.2) is 32.8 Å². The first kappa shape index (κ1) is 17.7. The van der Waals surface area contributed by atoms with Crippen molar-refractivity contribution in [2.75, 3.05) is 18.0 Å². The standard InChI is InChI=1S/C20H25N5O2/c1-20(2,3)16-10-17(26)25(13-21-16)12-14-4-7-24(8-5-14)19-18-15(6-9-27-18)11-22-23-19/h6,9-11,13-14H,4-5,7-8,12H2,1-3H3. The quantitative estimate of drug-likeness (QED) is 0.708. The van der Waals surface area contributed by atoms with Crippen LogP contribution in [0.25, 0.3) is 11.0 Å². The lowest BCUT2D eigenvalue weighted by Gasteiger charge is -2.32. The van der Waals surface area contributed by atoms with Crippen LogP contribution in [0.1, 0.15) is 39.3 Å². The summed E-state index contributed by atoms with van der Waals surface area (Å²) in [6, 6.07) is 3.57. The van der Waals surface area contributed by atoms with Crippen LogP contribution < -0.4 is 10.5 Å². The molecule has 0 atom stereocenters. The molecular weight excluding hydrogens is 342 g/mol. The van der Waals surface area contributed by atoms with Crippen LogP contribution in [-0.2, 0) is 12.0 Å². The van der Waals surface area contributed by atoms with Gasteiger partial charge in [0.25, 0.3) is 5.56 Å². The number of nitrogens with zero attached hydrogens (tertiary/aromatic N) is 5. The van der Waals surface area contributed by atoms with Crippen LogP contribution in [0.3, 0.4) is 0 Å². The summed E-state index contributed by atoms with van der Waals surface area (Å²) >= 11 is 0. The van der Waals surface area contributed by atoms with E-state index in [0.717, 1.165) is 48.4 Å². The van der Waals surface area contributed by atoms with Gasteiger partial charge in [0, 0.05) is 36.5 Å². The number of furan rings is 1. The Morgan fingerprint density at radius 3 is 2.74 bits per heavy atom. The van der Waals surface area contributed by atoms with Gasteiger partial charge in [0.2, 0.25) is 0 Å². The molecule has 0 unspecified atom stereocenters. The van der Waals surface area contributed by atoms with Gasteiger partial charge < -0.3 is 9.32 Å². The highest BCUT2D eigenvalue weighted by molar-refractivity contribution is 5.86. The predicted molar refractivity (Wildman–Crippen MR) is 104 cm³/mol. The van der Waals surface area contributed by atoms with Crippen molar-refractivity contribution in [3.63, 3.8) is 0 Å². The molecule has 3 aromatic heterocycles. The second-order valence-electron chi connectivity index (χ2n) is 8.32. The van der Waals surface area contributed by atoms with E-state index in [1.807, 2.05) is 6.07 Å².